The summed E-state index contributed by atoms with van der Waals surface area (Å²) in [6, 6.07) is 4.74. The Balaban J connectivity index is 2.21. The third-order valence-electron chi connectivity index (χ3n) is 2.70. The minimum atomic E-state index is -0.209. The Morgan fingerprint density at radius 3 is 2.71 bits per heavy atom. The number of nitrogens with zero attached hydrogens (tertiary/aromatic N) is 1. The van der Waals surface area contributed by atoms with Gasteiger partial charge in [-0.25, -0.2) is 0 Å². The Labute approximate surface area is 109 Å². The summed E-state index contributed by atoms with van der Waals surface area (Å²) in [5.74, 6) is -0.116. The number of piperidine rings is 1. The summed E-state index contributed by atoms with van der Waals surface area (Å²) in [6.07, 6.45) is 1.27. The van der Waals surface area contributed by atoms with E-state index in [0.29, 0.717) is 28.6 Å². The molecular weight excluding hydrogens is 261 g/mol. The second-order valence-electron chi connectivity index (χ2n) is 3.99. The molecule has 0 N–H and O–H groups in total. The first-order chi connectivity index (χ1) is 8.08. The Bertz CT molecular complexity index is 474. The fourth-order valence-corrected chi connectivity index (χ4v) is 2.33. The van der Waals surface area contributed by atoms with Gasteiger partial charge in [-0.3, -0.25) is 9.59 Å². The average molecular weight is 272 g/mol. The quantitative estimate of drug-likeness (QED) is 0.788. The minimum absolute atomic E-state index is 0.0923. The molecule has 0 radical (unpaired) electrons. The number of Topliss-reactive ketones (excluding diaryl/α,β-unsaturated/α-hetero) is 1. The van der Waals surface area contributed by atoms with Crippen LogP contribution in [0.4, 0.5) is 0 Å². The van der Waals surface area contributed by atoms with Crippen LogP contribution < -0.4 is 0 Å². The van der Waals surface area contributed by atoms with Crippen molar-refractivity contribution < 1.29 is 9.59 Å². The molecule has 2 rings (SSSR count). The zero-order chi connectivity index (χ0) is 12.4. The summed E-state index contributed by atoms with van der Waals surface area (Å²) >= 11 is 11.7. The summed E-state index contributed by atoms with van der Waals surface area (Å²) in [7, 11) is 0. The highest BCUT2D eigenvalue weighted by molar-refractivity contribution is 6.36. The number of rotatable bonds is 1. The van der Waals surface area contributed by atoms with Gasteiger partial charge in [0.1, 0.15) is 0 Å². The lowest BCUT2D eigenvalue weighted by atomic mass is 10.1. The molecule has 1 aliphatic rings. The molecule has 0 bridgehead atoms. The number of amides is 1. The molecule has 90 valence electrons. The van der Waals surface area contributed by atoms with Crippen molar-refractivity contribution >= 4 is 34.9 Å². The van der Waals surface area contributed by atoms with Gasteiger partial charge < -0.3 is 4.90 Å². The van der Waals surface area contributed by atoms with Gasteiger partial charge in [-0.05, 0) is 24.6 Å². The Morgan fingerprint density at radius 1 is 1.29 bits per heavy atom. The van der Waals surface area contributed by atoms with Gasteiger partial charge in [0.25, 0.3) is 5.91 Å². The zero-order valence-corrected chi connectivity index (χ0v) is 10.6. The third-order valence-corrected chi connectivity index (χ3v) is 3.25. The Morgan fingerprint density at radius 2 is 2.06 bits per heavy atom. The van der Waals surface area contributed by atoms with Crippen molar-refractivity contribution in [1.82, 2.24) is 4.90 Å². The van der Waals surface area contributed by atoms with Gasteiger partial charge >= 0.3 is 0 Å². The van der Waals surface area contributed by atoms with E-state index in [0.717, 1.165) is 6.42 Å². The molecule has 1 aliphatic heterocycles. The van der Waals surface area contributed by atoms with Crippen molar-refractivity contribution in [2.75, 3.05) is 13.1 Å². The largest absolute Gasteiger partial charge is 0.331 e. The molecule has 1 aromatic carbocycles. The molecule has 0 unspecified atom stereocenters. The molecule has 0 spiro atoms. The molecule has 1 amide bonds. The highest BCUT2D eigenvalue weighted by Crippen LogP contribution is 2.23. The first-order valence-corrected chi connectivity index (χ1v) is 6.09. The number of carbonyl (C=O) groups is 2. The van der Waals surface area contributed by atoms with Gasteiger partial charge in [0.05, 0.1) is 17.1 Å². The van der Waals surface area contributed by atoms with E-state index in [4.69, 9.17) is 23.2 Å². The highest BCUT2D eigenvalue weighted by atomic mass is 35.5. The van der Waals surface area contributed by atoms with E-state index in [1.54, 1.807) is 12.1 Å². The number of likely N-dealkylation sites (tertiary alicyclic amines) is 1. The van der Waals surface area contributed by atoms with Gasteiger partial charge in [0.2, 0.25) is 0 Å². The number of hydrogen-bond donors (Lipinski definition) is 0. The van der Waals surface area contributed by atoms with Crippen LogP contribution in [0.15, 0.2) is 18.2 Å². The highest BCUT2D eigenvalue weighted by Gasteiger charge is 2.23. The number of benzene rings is 1. The van der Waals surface area contributed by atoms with Crippen LogP contribution in [-0.2, 0) is 4.79 Å². The molecule has 0 aliphatic carbocycles. The topological polar surface area (TPSA) is 37.4 Å². The van der Waals surface area contributed by atoms with E-state index < -0.39 is 0 Å². The molecule has 1 heterocycles. The lowest BCUT2D eigenvalue weighted by Gasteiger charge is -2.26. The van der Waals surface area contributed by atoms with Gasteiger partial charge in [-0.15, -0.1) is 0 Å². The van der Waals surface area contributed by atoms with Crippen LogP contribution >= 0.6 is 23.2 Å². The minimum Gasteiger partial charge on any atom is -0.331 e. The normalized spacial score (nSPS) is 16.1. The molecule has 1 fully saturated rings. The zero-order valence-electron chi connectivity index (χ0n) is 9.08. The fraction of sp³-hybridized carbons (Fsp3) is 0.333. The van der Waals surface area contributed by atoms with Crippen LogP contribution in [0.3, 0.4) is 0 Å². The summed E-state index contributed by atoms with van der Waals surface area (Å²) < 4.78 is 0. The van der Waals surface area contributed by atoms with Crippen LogP contribution in [0.5, 0.6) is 0 Å². The number of halogens is 2. The summed E-state index contributed by atoms with van der Waals surface area (Å²) in [4.78, 5) is 25.0. The van der Waals surface area contributed by atoms with Crippen molar-refractivity contribution in [2.24, 2.45) is 0 Å². The van der Waals surface area contributed by atoms with E-state index >= 15 is 0 Å². The van der Waals surface area contributed by atoms with Crippen LogP contribution in [-0.4, -0.2) is 29.7 Å². The molecule has 0 aromatic heterocycles. The van der Waals surface area contributed by atoms with Gasteiger partial charge in [0.15, 0.2) is 5.78 Å². The van der Waals surface area contributed by atoms with E-state index in [2.05, 4.69) is 0 Å². The van der Waals surface area contributed by atoms with E-state index in [9.17, 15) is 9.59 Å². The van der Waals surface area contributed by atoms with Crippen LogP contribution in [0.25, 0.3) is 0 Å². The lowest BCUT2D eigenvalue weighted by molar-refractivity contribution is -0.121. The first kappa shape index (κ1) is 12.4. The van der Waals surface area contributed by atoms with Crippen LogP contribution in [0.1, 0.15) is 23.2 Å². The summed E-state index contributed by atoms with van der Waals surface area (Å²) in [5, 5.41) is 0.807. The van der Waals surface area contributed by atoms with Gasteiger partial charge in [-0.1, -0.05) is 23.2 Å². The van der Waals surface area contributed by atoms with Crippen molar-refractivity contribution in [3.63, 3.8) is 0 Å². The molecular formula is C12H11Cl2NO2. The molecule has 0 atom stereocenters. The summed E-state index contributed by atoms with van der Waals surface area (Å²) in [6.45, 7) is 0.779. The van der Waals surface area contributed by atoms with E-state index in [1.807, 2.05) is 0 Å². The van der Waals surface area contributed by atoms with Crippen molar-refractivity contribution in [3.8, 4) is 0 Å². The van der Waals surface area contributed by atoms with Gasteiger partial charge in [-0.2, -0.15) is 0 Å². The maximum Gasteiger partial charge on any atom is 0.255 e. The van der Waals surface area contributed by atoms with Crippen LogP contribution in [0, 0.1) is 0 Å². The Hall–Kier alpha value is -1.06. The number of hydrogen-bond acceptors (Lipinski definition) is 2. The Kier molecular flexibility index (Phi) is 3.69. The number of carbonyl (C=O) groups excluding carboxylic acids is 2. The van der Waals surface area contributed by atoms with E-state index in [-0.39, 0.29) is 18.2 Å². The standard InChI is InChI=1S/C12H11Cl2NO2/c13-8-3-4-10(11(14)6-8)12(17)15-5-1-2-9(16)7-15/h3-4,6H,1-2,5,7H2. The maximum atomic E-state index is 12.1. The fourth-order valence-electron chi connectivity index (χ4n) is 1.84. The SMILES string of the molecule is O=C1CCCN(C(=O)c2ccc(Cl)cc2Cl)C1. The second kappa shape index (κ2) is 5.07. The molecule has 5 heteroatoms. The van der Waals surface area contributed by atoms with E-state index in [1.165, 1.54) is 11.0 Å². The number of ketones is 1. The van der Waals surface area contributed by atoms with Crippen molar-refractivity contribution in [1.29, 1.82) is 0 Å². The maximum absolute atomic E-state index is 12.1. The monoisotopic (exact) mass is 271 g/mol. The smallest absolute Gasteiger partial charge is 0.255 e. The van der Waals surface area contributed by atoms with Crippen molar-refractivity contribution in [2.45, 2.75) is 12.8 Å². The van der Waals surface area contributed by atoms with Crippen molar-refractivity contribution in [3.05, 3.63) is 33.8 Å². The van der Waals surface area contributed by atoms with Gasteiger partial charge in [0, 0.05) is 18.0 Å². The molecule has 1 aromatic rings. The summed E-state index contributed by atoms with van der Waals surface area (Å²) in [5.41, 5.74) is 0.394. The predicted octanol–water partition coefficient (Wildman–Crippen LogP) is 2.80. The molecule has 0 saturated carbocycles. The molecule has 1 saturated heterocycles. The van der Waals surface area contributed by atoms with Crippen LogP contribution in [0.2, 0.25) is 10.0 Å². The molecule has 3 nitrogen and oxygen atoms in total. The first-order valence-electron chi connectivity index (χ1n) is 5.34. The predicted molar refractivity (Wildman–Crippen MR) is 66.6 cm³/mol. The lowest BCUT2D eigenvalue weighted by Crippen LogP contribution is -2.40. The second-order valence-corrected chi connectivity index (χ2v) is 4.84. The molecule has 17 heavy (non-hydrogen) atoms. The average Bonchev–Trinajstić information content (AvgIpc) is 2.28. The third kappa shape index (κ3) is 2.79.